The van der Waals surface area contributed by atoms with E-state index in [-0.39, 0.29) is 0 Å². The molecule has 2 aromatic rings. The zero-order valence-corrected chi connectivity index (χ0v) is 14.0. The zero-order valence-electron chi connectivity index (χ0n) is 14.0. The summed E-state index contributed by atoms with van der Waals surface area (Å²) in [4.78, 5) is 4.79. The summed E-state index contributed by atoms with van der Waals surface area (Å²) in [6.45, 7) is 4.35. The van der Waals surface area contributed by atoms with E-state index in [0.717, 1.165) is 28.7 Å². The Morgan fingerprint density at radius 2 is 1.83 bits per heavy atom. The summed E-state index contributed by atoms with van der Waals surface area (Å²) in [7, 11) is 0. The molecule has 2 atom stereocenters. The molecular formula is C21H25NO. The minimum atomic E-state index is 0.328. The Balaban J connectivity index is 1.92. The molecule has 3 rings (SSSR count). The first-order valence-electron chi connectivity index (χ1n) is 8.57. The van der Waals surface area contributed by atoms with Crippen LogP contribution in [0.25, 0.3) is 11.1 Å². The monoisotopic (exact) mass is 307 g/mol. The molecular weight excluding hydrogens is 282 g/mol. The maximum Gasteiger partial charge on any atom is 0.132 e. The van der Waals surface area contributed by atoms with E-state index < -0.39 is 0 Å². The summed E-state index contributed by atoms with van der Waals surface area (Å²) in [6, 6.07) is 14.5. The Kier molecular flexibility index (Phi) is 4.80. The first-order valence-corrected chi connectivity index (χ1v) is 8.57. The minimum Gasteiger partial charge on any atom is -0.507 e. The van der Waals surface area contributed by atoms with Crippen molar-refractivity contribution in [2.45, 2.75) is 45.6 Å². The Hall–Kier alpha value is -2.09. The van der Waals surface area contributed by atoms with Gasteiger partial charge in [0.25, 0.3) is 0 Å². The molecule has 0 saturated heterocycles. The molecule has 0 aliphatic heterocycles. The van der Waals surface area contributed by atoms with E-state index in [2.05, 4.69) is 13.8 Å². The van der Waals surface area contributed by atoms with Gasteiger partial charge in [0.1, 0.15) is 5.75 Å². The second-order valence-corrected chi connectivity index (χ2v) is 6.72. The lowest BCUT2D eigenvalue weighted by molar-refractivity contribution is 0.333. The third-order valence-electron chi connectivity index (χ3n) is 4.84. The van der Waals surface area contributed by atoms with Gasteiger partial charge in [-0.3, -0.25) is 4.99 Å². The fourth-order valence-corrected chi connectivity index (χ4v) is 3.44. The van der Waals surface area contributed by atoms with Gasteiger partial charge in [0, 0.05) is 17.3 Å². The Morgan fingerprint density at radius 1 is 1.09 bits per heavy atom. The molecule has 0 bridgehead atoms. The van der Waals surface area contributed by atoms with Gasteiger partial charge in [0.15, 0.2) is 0 Å². The molecule has 23 heavy (non-hydrogen) atoms. The summed E-state index contributed by atoms with van der Waals surface area (Å²) in [5.74, 6) is 0.967. The lowest BCUT2D eigenvalue weighted by Crippen LogP contribution is -2.20. The molecule has 1 fully saturated rings. The van der Waals surface area contributed by atoms with E-state index >= 15 is 0 Å². The second-order valence-electron chi connectivity index (χ2n) is 6.72. The summed E-state index contributed by atoms with van der Waals surface area (Å²) < 4.78 is 0. The number of benzene rings is 2. The van der Waals surface area contributed by atoms with Gasteiger partial charge in [0.2, 0.25) is 0 Å². The van der Waals surface area contributed by atoms with E-state index in [0.29, 0.717) is 17.7 Å². The number of nitrogens with zero attached hydrogens (tertiary/aromatic N) is 1. The van der Waals surface area contributed by atoms with Crippen LogP contribution in [0.15, 0.2) is 47.5 Å². The van der Waals surface area contributed by atoms with Crippen LogP contribution >= 0.6 is 0 Å². The molecule has 2 aromatic carbocycles. The predicted octanol–water partition coefficient (Wildman–Crippen LogP) is 5.37. The maximum absolute atomic E-state index is 10.7. The lowest BCUT2D eigenvalue weighted by atomic mass is 9.86. The Morgan fingerprint density at radius 3 is 2.57 bits per heavy atom. The van der Waals surface area contributed by atoms with Crippen LogP contribution in [0.3, 0.4) is 0 Å². The van der Waals surface area contributed by atoms with E-state index in [9.17, 15) is 5.11 Å². The topological polar surface area (TPSA) is 32.6 Å². The SMILES string of the molecule is Cc1cc(C=NC2CCCCC2C)c(O)c(-c2ccccc2)c1. The number of aromatic hydroxyl groups is 1. The van der Waals surface area contributed by atoms with Crippen LogP contribution in [0.1, 0.15) is 43.7 Å². The fourth-order valence-electron chi connectivity index (χ4n) is 3.44. The average Bonchev–Trinajstić information content (AvgIpc) is 2.57. The Bertz CT molecular complexity index is 690. The van der Waals surface area contributed by atoms with Gasteiger partial charge in [-0.1, -0.05) is 50.1 Å². The first-order chi connectivity index (χ1) is 11.1. The third-order valence-corrected chi connectivity index (χ3v) is 4.84. The van der Waals surface area contributed by atoms with Crippen molar-refractivity contribution in [3.8, 4) is 16.9 Å². The van der Waals surface area contributed by atoms with Crippen molar-refractivity contribution < 1.29 is 5.11 Å². The van der Waals surface area contributed by atoms with Crippen LogP contribution < -0.4 is 0 Å². The molecule has 2 unspecified atom stereocenters. The van der Waals surface area contributed by atoms with Gasteiger partial charge in [-0.15, -0.1) is 0 Å². The van der Waals surface area contributed by atoms with Crippen LogP contribution in [0.5, 0.6) is 5.75 Å². The third kappa shape index (κ3) is 3.64. The minimum absolute atomic E-state index is 0.328. The van der Waals surface area contributed by atoms with Crippen molar-refractivity contribution in [1.82, 2.24) is 0 Å². The van der Waals surface area contributed by atoms with Gasteiger partial charge in [-0.05, 0) is 48.9 Å². The van der Waals surface area contributed by atoms with Crippen LogP contribution in [0.2, 0.25) is 0 Å². The van der Waals surface area contributed by atoms with Gasteiger partial charge >= 0.3 is 0 Å². The number of aryl methyl sites for hydroxylation is 1. The zero-order chi connectivity index (χ0) is 16.2. The number of phenols is 1. The molecule has 120 valence electrons. The number of rotatable bonds is 3. The molecule has 0 aromatic heterocycles. The predicted molar refractivity (Wildman–Crippen MR) is 97.3 cm³/mol. The maximum atomic E-state index is 10.7. The van der Waals surface area contributed by atoms with Crippen molar-refractivity contribution in [1.29, 1.82) is 0 Å². The summed E-state index contributed by atoms with van der Waals surface area (Å²) >= 11 is 0. The highest BCUT2D eigenvalue weighted by Crippen LogP contribution is 2.33. The number of phenolic OH excluding ortho intramolecular Hbond substituents is 1. The van der Waals surface area contributed by atoms with Crippen molar-refractivity contribution in [2.24, 2.45) is 10.9 Å². The quantitative estimate of drug-likeness (QED) is 0.760. The lowest BCUT2D eigenvalue weighted by Gasteiger charge is -2.25. The summed E-state index contributed by atoms with van der Waals surface area (Å²) in [6.07, 6.45) is 6.89. The second kappa shape index (κ2) is 6.99. The van der Waals surface area contributed by atoms with Gasteiger partial charge in [-0.25, -0.2) is 0 Å². The summed E-state index contributed by atoms with van der Waals surface area (Å²) in [5, 5.41) is 10.7. The van der Waals surface area contributed by atoms with Gasteiger partial charge < -0.3 is 5.11 Å². The van der Waals surface area contributed by atoms with E-state index in [1.165, 1.54) is 19.3 Å². The van der Waals surface area contributed by atoms with Gasteiger partial charge in [0.05, 0.1) is 6.04 Å². The highest BCUT2D eigenvalue weighted by atomic mass is 16.3. The van der Waals surface area contributed by atoms with Crippen molar-refractivity contribution in [2.75, 3.05) is 0 Å². The highest BCUT2D eigenvalue weighted by Gasteiger charge is 2.20. The smallest absolute Gasteiger partial charge is 0.132 e. The fraction of sp³-hybridized carbons (Fsp3) is 0.381. The van der Waals surface area contributed by atoms with Crippen molar-refractivity contribution >= 4 is 6.21 Å². The van der Waals surface area contributed by atoms with Crippen LogP contribution in [0, 0.1) is 12.8 Å². The van der Waals surface area contributed by atoms with E-state index in [4.69, 9.17) is 4.99 Å². The van der Waals surface area contributed by atoms with Crippen LogP contribution in [0.4, 0.5) is 0 Å². The van der Waals surface area contributed by atoms with Crippen molar-refractivity contribution in [3.63, 3.8) is 0 Å². The van der Waals surface area contributed by atoms with Crippen LogP contribution in [-0.2, 0) is 0 Å². The Labute approximate surface area is 138 Å². The molecule has 1 N–H and O–H groups in total. The van der Waals surface area contributed by atoms with Gasteiger partial charge in [-0.2, -0.15) is 0 Å². The molecule has 1 saturated carbocycles. The van der Waals surface area contributed by atoms with E-state index in [1.54, 1.807) is 0 Å². The number of hydrogen-bond donors (Lipinski definition) is 1. The van der Waals surface area contributed by atoms with E-state index in [1.807, 2.05) is 48.7 Å². The van der Waals surface area contributed by atoms with Crippen LogP contribution in [-0.4, -0.2) is 17.4 Å². The molecule has 0 spiro atoms. The van der Waals surface area contributed by atoms with Crippen molar-refractivity contribution in [3.05, 3.63) is 53.6 Å². The molecule has 2 nitrogen and oxygen atoms in total. The first kappa shape index (κ1) is 15.8. The molecule has 0 heterocycles. The standard InChI is InChI=1S/C21H25NO/c1-15-12-18(14-22-20-11-7-6-8-16(20)2)21(23)19(13-15)17-9-4-3-5-10-17/h3-5,9-10,12-14,16,20,23H,6-8,11H2,1-2H3. The normalized spacial score (nSPS) is 21.7. The molecule has 0 radical (unpaired) electrons. The molecule has 1 aliphatic carbocycles. The summed E-state index contributed by atoms with van der Waals surface area (Å²) in [5.41, 5.74) is 3.87. The molecule has 1 aliphatic rings. The number of aliphatic imine (C=N–C) groups is 1. The largest absolute Gasteiger partial charge is 0.507 e. The number of hydrogen-bond acceptors (Lipinski definition) is 2. The molecule has 2 heteroatoms. The molecule has 0 amide bonds. The highest BCUT2D eigenvalue weighted by molar-refractivity contribution is 5.89. The average molecular weight is 307 g/mol.